The van der Waals surface area contributed by atoms with Crippen molar-refractivity contribution in [3.8, 4) is 0 Å². The maximum absolute atomic E-state index is 12.4. The zero-order chi connectivity index (χ0) is 14.0. The van der Waals surface area contributed by atoms with Crippen LogP contribution in [0.5, 0.6) is 0 Å². The van der Waals surface area contributed by atoms with Gasteiger partial charge in [-0.15, -0.1) is 12.4 Å². The second kappa shape index (κ2) is 6.71. The predicted octanol–water partition coefficient (Wildman–Crippen LogP) is 1.69. The van der Waals surface area contributed by atoms with E-state index in [2.05, 4.69) is 4.98 Å². The normalized spacial score (nSPS) is 20.1. The molecular weight excluding hydrogens is 284 g/mol. The highest BCUT2D eigenvalue weighted by Crippen LogP contribution is 2.22. The van der Waals surface area contributed by atoms with Crippen molar-refractivity contribution < 1.29 is 9.72 Å². The Kier molecular flexibility index (Phi) is 5.52. The van der Waals surface area contributed by atoms with E-state index in [1.165, 1.54) is 12.3 Å². The standard InChI is InChI=1S/C12H18N4O3.ClH/c1-8(13)11-4-2-3-5-15(11)12(17)10-6-9(7-14-10)16(18)19;/h6-8,11,14H,2-5,13H2,1H3;1H. The number of hydrogen-bond acceptors (Lipinski definition) is 4. The summed E-state index contributed by atoms with van der Waals surface area (Å²) in [4.78, 5) is 26.9. The molecule has 0 aromatic carbocycles. The molecule has 0 spiro atoms. The number of hydrogen-bond donors (Lipinski definition) is 2. The topological polar surface area (TPSA) is 105 Å². The van der Waals surface area contributed by atoms with Crippen molar-refractivity contribution in [2.75, 3.05) is 6.54 Å². The van der Waals surface area contributed by atoms with Crippen molar-refractivity contribution in [2.24, 2.45) is 5.73 Å². The molecule has 3 N–H and O–H groups in total. The molecule has 1 aliphatic heterocycles. The quantitative estimate of drug-likeness (QED) is 0.654. The second-order valence-electron chi connectivity index (χ2n) is 4.95. The van der Waals surface area contributed by atoms with Crippen LogP contribution in [0.1, 0.15) is 36.7 Å². The molecule has 0 saturated carbocycles. The Hall–Kier alpha value is -1.60. The average molecular weight is 303 g/mol. The number of aromatic nitrogens is 1. The predicted molar refractivity (Wildman–Crippen MR) is 77.0 cm³/mol. The van der Waals surface area contributed by atoms with Gasteiger partial charge in [0.1, 0.15) is 5.69 Å². The number of likely N-dealkylation sites (tertiary alicyclic amines) is 1. The number of halogens is 1. The Morgan fingerprint density at radius 2 is 2.30 bits per heavy atom. The van der Waals surface area contributed by atoms with Gasteiger partial charge in [-0.2, -0.15) is 0 Å². The van der Waals surface area contributed by atoms with Crippen LogP contribution in [0.3, 0.4) is 0 Å². The minimum absolute atomic E-state index is 0. The first-order valence-corrected chi connectivity index (χ1v) is 6.40. The molecule has 0 bridgehead atoms. The molecule has 8 heteroatoms. The first-order chi connectivity index (χ1) is 9.00. The zero-order valence-corrected chi connectivity index (χ0v) is 12.1. The van der Waals surface area contributed by atoms with Crippen LogP contribution in [-0.2, 0) is 0 Å². The molecule has 2 heterocycles. The Morgan fingerprint density at radius 1 is 1.60 bits per heavy atom. The van der Waals surface area contributed by atoms with Crippen LogP contribution in [0.4, 0.5) is 5.69 Å². The van der Waals surface area contributed by atoms with Gasteiger partial charge in [-0.3, -0.25) is 14.9 Å². The molecule has 0 radical (unpaired) electrons. The summed E-state index contributed by atoms with van der Waals surface area (Å²) in [5.41, 5.74) is 6.06. The molecule has 112 valence electrons. The van der Waals surface area contributed by atoms with Gasteiger partial charge in [0.2, 0.25) is 0 Å². The summed E-state index contributed by atoms with van der Waals surface area (Å²) in [7, 11) is 0. The Bertz CT molecular complexity index is 489. The zero-order valence-electron chi connectivity index (χ0n) is 11.2. The highest BCUT2D eigenvalue weighted by Gasteiger charge is 2.31. The Labute approximate surface area is 123 Å². The SMILES string of the molecule is CC(N)C1CCCCN1C(=O)c1cc([N+](=O)[O-])c[nH]1.Cl. The van der Waals surface area contributed by atoms with E-state index in [4.69, 9.17) is 5.73 Å². The number of aromatic amines is 1. The Balaban J connectivity index is 0.00000200. The van der Waals surface area contributed by atoms with Gasteiger partial charge in [0.25, 0.3) is 11.6 Å². The van der Waals surface area contributed by atoms with Gasteiger partial charge in [-0.25, -0.2) is 0 Å². The fourth-order valence-electron chi connectivity index (χ4n) is 2.52. The highest BCUT2D eigenvalue weighted by molar-refractivity contribution is 5.93. The lowest BCUT2D eigenvalue weighted by molar-refractivity contribution is -0.384. The number of carbonyl (C=O) groups is 1. The van der Waals surface area contributed by atoms with E-state index in [-0.39, 0.29) is 41.8 Å². The summed E-state index contributed by atoms with van der Waals surface area (Å²) < 4.78 is 0. The molecule has 7 nitrogen and oxygen atoms in total. The minimum atomic E-state index is -0.521. The van der Waals surface area contributed by atoms with Crippen LogP contribution in [0.2, 0.25) is 0 Å². The van der Waals surface area contributed by atoms with Gasteiger partial charge in [-0.1, -0.05) is 0 Å². The number of H-pyrrole nitrogens is 1. The largest absolute Gasteiger partial charge is 0.351 e. The number of amides is 1. The summed E-state index contributed by atoms with van der Waals surface area (Å²) in [6, 6.07) is 1.17. The summed E-state index contributed by atoms with van der Waals surface area (Å²) >= 11 is 0. The van der Waals surface area contributed by atoms with Gasteiger partial charge < -0.3 is 15.6 Å². The molecule has 1 aliphatic rings. The molecule has 2 atom stereocenters. The molecular formula is C12H19ClN4O3. The van der Waals surface area contributed by atoms with E-state index in [9.17, 15) is 14.9 Å². The van der Waals surface area contributed by atoms with Crippen molar-refractivity contribution in [2.45, 2.75) is 38.3 Å². The molecule has 1 aromatic rings. The second-order valence-corrected chi connectivity index (χ2v) is 4.95. The lowest BCUT2D eigenvalue weighted by atomic mass is 9.96. The van der Waals surface area contributed by atoms with E-state index >= 15 is 0 Å². The number of nitrogens with two attached hydrogens (primary N) is 1. The lowest BCUT2D eigenvalue weighted by Crippen LogP contribution is -2.51. The summed E-state index contributed by atoms with van der Waals surface area (Å²) in [5, 5.41) is 10.6. The molecule has 1 aromatic heterocycles. The number of rotatable bonds is 3. The molecule has 1 saturated heterocycles. The van der Waals surface area contributed by atoms with E-state index in [0.29, 0.717) is 6.54 Å². The summed E-state index contributed by atoms with van der Waals surface area (Å²) in [6.07, 6.45) is 4.11. The van der Waals surface area contributed by atoms with E-state index in [1.807, 2.05) is 6.92 Å². The van der Waals surface area contributed by atoms with Gasteiger partial charge in [-0.05, 0) is 26.2 Å². The number of piperidine rings is 1. The number of carbonyl (C=O) groups excluding carboxylic acids is 1. The third kappa shape index (κ3) is 3.29. The molecule has 2 rings (SSSR count). The van der Waals surface area contributed by atoms with E-state index in [1.54, 1.807) is 4.90 Å². The lowest BCUT2D eigenvalue weighted by Gasteiger charge is -2.37. The molecule has 2 unspecified atom stereocenters. The average Bonchev–Trinajstić information content (AvgIpc) is 2.87. The maximum atomic E-state index is 12.4. The van der Waals surface area contributed by atoms with E-state index in [0.717, 1.165) is 19.3 Å². The maximum Gasteiger partial charge on any atom is 0.287 e. The van der Waals surface area contributed by atoms with Crippen molar-refractivity contribution in [3.63, 3.8) is 0 Å². The molecule has 20 heavy (non-hydrogen) atoms. The fraction of sp³-hybridized carbons (Fsp3) is 0.583. The van der Waals surface area contributed by atoms with Crippen LogP contribution in [0.15, 0.2) is 12.3 Å². The summed E-state index contributed by atoms with van der Waals surface area (Å²) in [5.74, 6) is -0.213. The smallest absolute Gasteiger partial charge is 0.287 e. The highest BCUT2D eigenvalue weighted by atomic mass is 35.5. The first-order valence-electron chi connectivity index (χ1n) is 6.40. The van der Waals surface area contributed by atoms with Gasteiger partial charge in [0.05, 0.1) is 11.1 Å². The molecule has 0 aliphatic carbocycles. The Morgan fingerprint density at radius 3 is 2.85 bits per heavy atom. The van der Waals surface area contributed by atoms with Crippen LogP contribution >= 0.6 is 12.4 Å². The van der Waals surface area contributed by atoms with Gasteiger partial charge in [0, 0.05) is 24.7 Å². The monoisotopic (exact) mass is 302 g/mol. The van der Waals surface area contributed by atoms with Crippen molar-refractivity contribution in [1.29, 1.82) is 0 Å². The third-order valence-electron chi connectivity index (χ3n) is 3.53. The summed E-state index contributed by atoms with van der Waals surface area (Å²) in [6.45, 7) is 2.53. The van der Waals surface area contributed by atoms with Crippen LogP contribution in [0.25, 0.3) is 0 Å². The minimum Gasteiger partial charge on any atom is -0.351 e. The van der Waals surface area contributed by atoms with Crippen molar-refractivity contribution in [3.05, 3.63) is 28.1 Å². The number of nitrogens with zero attached hydrogens (tertiary/aromatic N) is 2. The van der Waals surface area contributed by atoms with Crippen molar-refractivity contribution in [1.82, 2.24) is 9.88 Å². The number of nitrogens with one attached hydrogen (secondary N) is 1. The third-order valence-corrected chi connectivity index (χ3v) is 3.53. The van der Waals surface area contributed by atoms with Crippen molar-refractivity contribution >= 4 is 24.0 Å². The van der Waals surface area contributed by atoms with Crippen LogP contribution in [0, 0.1) is 10.1 Å². The van der Waals surface area contributed by atoms with E-state index < -0.39 is 4.92 Å². The van der Waals surface area contributed by atoms with Crippen LogP contribution in [-0.4, -0.2) is 39.3 Å². The molecule has 1 amide bonds. The van der Waals surface area contributed by atoms with Gasteiger partial charge >= 0.3 is 0 Å². The molecule has 1 fully saturated rings. The fourth-order valence-corrected chi connectivity index (χ4v) is 2.52. The van der Waals surface area contributed by atoms with Crippen LogP contribution < -0.4 is 5.73 Å². The van der Waals surface area contributed by atoms with Gasteiger partial charge in [0.15, 0.2) is 0 Å². The first kappa shape index (κ1) is 16.5. The number of nitro groups is 1.